The van der Waals surface area contributed by atoms with Crippen LogP contribution in [0.15, 0.2) is 49.2 Å². The number of hydrogen-bond acceptors (Lipinski definition) is 0. The summed E-state index contributed by atoms with van der Waals surface area (Å²) in [4.78, 5) is 0. The average Bonchev–Trinajstić information content (AvgIpc) is 2.68. The van der Waals surface area contributed by atoms with Gasteiger partial charge in [-0.1, -0.05) is 45.2 Å². The molecule has 0 spiro atoms. The Bertz CT molecular complexity index is 626. The van der Waals surface area contributed by atoms with Crippen LogP contribution in [-0.4, -0.2) is 4.57 Å². The lowest BCUT2D eigenvalue weighted by atomic mass is 9.74. The third kappa shape index (κ3) is 0.909. The van der Waals surface area contributed by atoms with Gasteiger partial charge >= 0.3 is 0 Å². The highest BCUT2D eigenvalue weighted by Crippen LogP contribution is 2.44. The second-order valence-corrected chi connectivity index (χ2v) is 4.98. The summed E-state index contributed by atoms with van der Waals surface area (Å²) in [5, 5.41) is 1.28. The quantitative estimate of drug-likeness (QED) is 0.619. The van der Waals surface area contributed by atoms with Crippen LogP contribution in [0.2, 0.25) is 0 Å². The number of rotatable bonds is 0. The molecule has 2 heterocycles. The fourth-order valence-electron chi connectivity index (χ4n) is 2.59. The zero-order valence-corrected chi connectivity index (χ0v) is 9.75. The van der Waals surface area contributed by atoms with Crippen molar-refractivity contribution in [3.8, 4) is 0 Å². The summed E-state index contributed by atoms with van der Waals surface area (Å²) in [5.74, 6) is 0. The molecule has 0 amide bonds. The number of para-hydroxylation sites is 1. The summed E-state index contributed by atoms with van der Waals surface area (Å²) in [5.41, 5.74) is 4.71. The van der Waals surface area contributed by atoms with Gasteiger partial charge in [0.2, 0.25) is 0 Å². The van der Waals surface area contributed by atoms with Crippen LogP contribution in [0.25, 0.3) is 16.6 Å². The molecule has 80 valence electrons. The van der Waals surface area contributed by atoms with Crippen molar-refractivity contribution in [3.05, 3.63) is 54.8 Å². The monoisotopic (exact) mass is 209 g/mol. The molecular formula is C15H15N. The van der Waals surface area contributed by atoms with Crippen molar-refractivity contribution in [2.75, 3.05) is 0 Å². The fraction of sp³-hybridized carbons (Fsp3) is 0.200. The van der Waals surface area contributed by atoms with E-state index in [4.69, 9.17) is 0 Å². The normalized spacial score (nSPS) is 18.1. The van der Waals surface area contributed by atoms with E-state index in [-0.39, 0.29) is 5.41 Å². The molecule has 0 saturated carbocycles. The topological polar surface area (TPSA) is 4.93 Å². The minimum Gasteiger partial charge on any atom is -0.317 e. The third-order valence-corrected chi connectivity index (χ3v) is 3.78. The molecule has 1 aromatic carbocycles. The minimum atomic E-state index is -0.0229. The summed E-state index contributed by atoms with van der Waals surface area (Å²) < 4.78 is 2.15. The number of benzene rings is 1. The Morgan fingerprint density at radius 3 is 2.62 bits per heavy atom. The molecule has 0 radical (unpaired) electrons. The predicted octanol–water partition coefficient (Wildman–Crippen LogP) is 3.96. The molecule has 0 aliphatic carbocycles. The van der Waals surface area contributed by atoms with Crippen LogP contribution in [0.4, 0.5) is 0 Å². The Labute approximate surface area is 95.7 Å². The molecule has 1 aromatic heterocycles. The number of hydrogen-bond donors (Lipinski definition) is 0. The summed E-state index contributed by atoms with van der Waals surface area (Å²) in [6.45, 7) is 12.8. The maximum absolute atomic E-state index is 4.19. The van der Waals surface area contributed by atoms with Crippen molar-refractivity contribution in [2.45, 2.75) is 19.3 Å². The van der Waals surface area contributed by atoms with Gasteiger partial charge in [-0.2, -0.15) is 0 Å². The van der Waals surface area contributed by atoms with E-state index in [1.165, 1.54) is 16.5 Å². The standard InChI is InChI=1S/C15H15N/c1-10-11(2)16-9-8-12-6-5-7-13(14(12)16)15(10,3)4/h5-9H,1-2H2,3-4H3. The van der Waals surface area contributed by atoms with Crippen LogP contribution >= 0.6 is 0 Å². The van der Waals surface area contributed by atoms with Gasteiger partial charge in [0, 0.05) is 22.7 Å². The summed E-state index contributed by atoms with van der Waals surface area (Å²) in [7, 11) is 0. The molecule has 1 aliphatic rings. The van der Waals surface area contributed by atoms with Crippen LogP contribution in [0.1, 0.15) is 19.4 Å². The first-order valence-corrected chi connectivity index (χ1v) is 5.53. The number of aromatic nitrogens is 1. The Morgan fingerprint density at radius 1 is 1.12 bits per heavy atom. The Hall–Kier alpha value is -1.76. The molecule has 1 aliphatic heterocycles. The van der Waals surface area contributed by atoms with Gasteiger partial charge < -0.3 is 4.57 Å². The van der Waals surface area contributed by atoms with E-state index in [0.29, 0.717) is 0 Å². The second-order valence-electron chi connectivity index (χ2n) is 4.98. The molecule has 0 saturated heterocycles. The Balaban J connectivity index is 2.54. The lowest BCUT2D eigenvalue weighted by Crippen LogP contribution is -2.26. The van der Waals surface area contributed by atoms with Gasteiger partial charge in [0.25, 0.3) is 0 Å². The van der Waals surface area contributed by atoms with E-state index in [0.717, 1.165) is 11.3 Å². The molecule has 3 rings (SSSR count). The molecule has 2 aromatic rings. The SMILES string of the molecule is C=C1C(=C)C(C)(C)c2cccc3ccn1c23. The van der Waals surface area contributed by atoms with Gasteiger partial charge in [-0.05, 0) is 17.2 Å². The van der Waals surface area contributed by atoms with Gasteiger partial charge in [0.05, 0.1) is 5.52 Å². The Kier molecular flexibility index (Phi) is 1.58. The summed E-state index contributed by atoms with van der Waals surface area (Å²) in [6, 6.07) is 8.59. The number of allylic oxidation sites excluding steroid dienone is 2. The highest BCUT2D eigenvalue weighted by molar-refractivity contribution is 5.93. The van der Waals surface area contributed by atoms with Gasteiger partial charge in [-0.3, -0.25) is 0 Å². The number of nitrogens with zero attached hydrogens (tertiary/aromatic N) is 1. The van der Waals surface area contributed by atoms with Crippen LogP contribution in [0.5, 0.6) is 0 Å². The largest absolute Gasteiger partial charge is 0.317 e. The van der Waals surface area contributed by atoms with E-state index in [9.17, 15) is 0 Å². The minimum absolute atomic E-state index is 0.0229. The molecule has 16 heavy (non-hydrogen) atoms. The van der Waals surface area contributed by atoms with Crippen molar-refractivity contribution >= 4 is 16.6 Å². The molecule has 0 unspecified atom stereocenters. The molecule has 1 heteroatoms. The second kappa shape index (κ2) is 2.67. The lowest BCUT2D eigenvalue weighted by Gasteiger charge is -2.35. The van der Waals surface area contributed by atoms with Gasteiger partial charge in [0.15, 0.2) is 0 Å². The molecule has 0 fully saturated rings. The highest BCUT2D eigenvalue weighted by atomic mass is 15.0. The maximum atomic E-state index is 4.19. The van der Waals surface area contributed by atoms with Gasteiger partial charge in [-0.15, -0.1) is 0 Å². The van der Waals surface area contributed by atoms with Gasteiger partial charge in [-0.25, -0.2) is 0 Å². The summed E-state index contributed by atoms with van der Waals surface area (Å²) >= 11 is 0. The molecule has 0 N–H and O–H groups in total. The van der Waals surface area contributed by atoms with E-state index >= 15 is 0 Å². The van der Waals surface area contributed by atoms with E-state index in [1.54, 1.807) is 0 Å². The van der Waals surface area contributed by atoms with Crippen LogP contribution in [0.3, 0.4) is 0 Å². The molecule has 0 bridgehead atoms. The van der Waals surface area contributed by atoms with Crippen molar-refractivity contribution in [1.29, 1.82) is 0 Å². The van der Waals surface area contributed by atoms with Gasteiger partial charge in [0.1, 0.15) is 0 Å². The van der Waals surface area contributed by atoms with Crippen molar-refractivity contribution in [3.63, 3.8) is 0 Å². The zero-order valence-electron chi connectivity index (χ0n) is 9.75. The van der Waals surface area contributed by atoms with E-state index in [2.05, 4.69) is 62.0 Å². The van der Waals surface area contributed by atoms with Crippen molar-refractivity contribution < 1.29 is 0 Å². The fourth-order valence-corrected chi connectivity index (χ4v) is 2.59. The molecular weight excluding hydrogens is 194 g/mol. The van der Waals surface area contributed by atoms with Crippen molar-refractivity contribution in [1.82, 2.24) is 4.57 Å². The highest BCUT2D eigenvalue weighted by Gasteiger charge is 2.33. The third-order valence-electron chi connectivity index (χ3n) is 3.78. The smallest absolute Gasteiger partial charge is 0.0569 e. The lowest BCUT2D eigenvalue weighted by molar-refractivity contribution is 0.633. The summed E-state index contributed by atoms with van der Waals surface area (Å²) in [6.07, 6.45) is 2.08. The van der Waals surface area contributed by atoms with E-state index < -0.39 is 0 Å². The zero-order chi connectivity index (χ0) is 11.5. The first-order valence-electron chi connectivity index (χ1n) is 5.53. The first-order chi connectivity index (χ1) is 7.53. The van der Waals surface area contributed by atoms with Crippen LogP contribution in [0, 0.1) is 0 Å². The average molecular weight is 209 g/mol. The van der Waals surface area contributed by atoms with Crippen LogP contribution < -0.4 is 0 Å². The van der Waals surface area contributed by atoms with Crippen molar-refractivity contribution in [2.24, 2.45) is 0 Å². The van der Waals surface area contributed by atoms with Crippen LogP contribution in [-0.2, 0) is 5.41 Å². The maximum Gasteiger partial charge on any atom is 0.0569 e. The first kappa shape index (κ1) is 9.46. The van der Waals surface area contributed by atoms with E-state index in [1.807, 2.05) is 0 Å². The molecule has 1 nitrogen and oxygen atoms in total. The Morgan fingerprint density at radius 2 is 1.88 bits per heavy atom. The predicted molar refractivity (Wildman–Crippen MR) is 69.4 cm³/mol. The molecule has 0 atom stereocenters.